The molecule has 0 aliphatic rings. The van der Waals surface area contributed by atoms with E-state index in [1.807, 2.05) is 24.3 Å². The van der Waals surface area contributed by atoms with Crippen molar-refractivity contribution in [2.45, 2.75) is 57.2 Å². The van der Waals surface area contributed by atoms with E-state index < -0.39 is 39.2 Å². The van der Waals surface area contributed by atoms with Gasteiger partial charge in [0.05, 0.1) is 17.3 Å². The third kappa shape index (κ3) is 8.11. The lowest BCUT2D eigenvalue weighted by atomic mass is 9.94. The smallest absolute Gasteiger partial charge is 0.397 e. The van der Waals surface area contributed by atoms with E-state index in [0.717, 1.165) is 69.2 Å². The van der Waals surface area contributed by atoms with Gasteiger partial charge in [-0.15, -0.1) is 5.10 Å². The largest absolute Gasteiger partial charge is 0.476 e. The third-order valence-corrected chi connectivity index (χ3v) is 8.21. The minimum absolute atomic E-state index is 0.0246. The molecule has 4 rings (SSSR count). The van der Waals surface area contributed by atoms with Crippen molar-refractivity contribution in [3.63, 3.8) is 0 Å². The first-order chi connectivity index (χ1) is 20.8. The normalized spacial score (nSPS) is 12.3. The summed E-state index contributed by atoms with van der Waals surface area (Å²) in [5.41, 5.74) is 6.27. The van der Waals surface area contributed by atoms with Crippen molar-refractivity contribution >= 4 is 15.8 Å². The summed E-state index contributed by atoms with van der Waals surface area (Å²) in [5, 5.41) is 3.81. The molecule has 14 heteroatoms. The summed E-state index contributed by atoms with van der Waals surface area (Å²) in [4.78, 5) is 7.71. The number of nitrogens with one attached hydrogen (secondary N) is 1. The molecule has 3 heterocycles. The van der Waals surface area contributed by atoms with E-state index in [1.54, 1.807) is 0 Å². The van der Waals surface area contributed by atoms with Crippen LogP contribution in [-0.2, 0) is 16.4 Å². The van der Waals surface area contributed by atoms with Crippen LogP contribution in [0.25, 0.3) is 16.8 Å². The lowest BCUT2D eigenvalue weighted by Gasteiger charge is -2.26. The number of rotatable bonds is 14. The maximum Gasteiger partial charge on any atom is 0.397 e. The number of hydrogen-bond donors (Lipinski definition) is 2. The molecule has 0 bridgehead atoms. The number of sulfonamides is 1. The Morgan fingerprint density at radius 2 is 1.73 bits per heavy atom. The molecule has 0 aliphatic heterocycles. The van der Waals surface area contributed by atoms with Crippen LogP contribution in [0.3, 0.4) is 0 Å². The topological polar surface area (TPSA) is 125 Å². The van der Waals surface area contributed by atoms with Crippen LogP contribution in [-0.4, -0.2) is 47.5 Å². The number of aromatic nitrogens is 4. The van der Waals surface area contributed by atoms with E-state index in [-0.39, 0.29) is 11.7 Å². The number of halogens is 4. The Kier molecular flexibility index (Phi) is 10.3. The van der Waals surface area contributed by atoms with Crippen molar-refractivity contribution in [2.24, 2.45) is 11.1 Å². The van der Waals surface area contributed by atoms with E-state index in [1.165, 1.54) is 35.3 Å². The fourth-order valence-electron chi connectivity index (χ4n) is 4.30. The van der Waals surface area contributed by atoms with Crippen LogP contribution in [0.2, 0.25) is 0 Å². The van der Waals surface area contributed by atoms with Gasteiger partial charge in [-0.3, -0.25) is 4.72 Å². The van der Waals surface area contributed by atoms with Gasteiger partial charge in [-0.1, -0.05) is 43.2 Å². The van der Waals surface area contributed by atoms with E-state index in [2.05, 4.69) is 19.8 Å². The number of ether oxygens (including phenoxy) is 1. The number of benzene rings is 1. The zero-order chi connectivity index (χ0) is 32.0. The predicted molar refractivity (Wildman–Crippen MR) is 158 cm³/mol. The van der Waals surface area contributed by atoms with E-state index in [4.69, 9.17) is 10.5 Å². The lowest BCUT2D eigenvalue weighted by Crippen LogP contribution is -2.37. The summed E-state index contributed by atoms with van der Waals surface area (Å²) in [6.07, 6.45) is 2.99. The number of hydrogen-bond acceptors (Lipinski definition) is 7. The fourth-order valence-corrected chi connectivity index (χ4v) is 5.26. The highest BCUT2D eigenvalue weighted by molar-refractivity contribution is 7.92. The zero-order valence-electron chi connectivity index (χ0n) is 24.3. The quantitative estimate of drug-likeness (QED) is 0.0948. The van der Waals surface area contributed by atoms with Crippen LogP contribution in [0.4, 0.5) is 23.4 Å². The van der Waals surface area contributed by atoms with Gasteiger partial charge in [-0.05, 0) is 69.0 Å². The molecule has 0 fully saturated rings. The second kappa shape index (κ2) is 13.7. The molecule has 236 valence electrons. The molecule has 3 aromatic heterocycles. The number of pyridine rings is 2. The number of nitrogens with zero attached hydrogens (tertiary/aromatic N) is 4. The third-order valence-electron chi connectivity index (χ3n) is 6.95. The van der Waals surface area contributed by atoms with Gasteiger partial charge in [0.2, 0.25) is 11.8 Å². The van der Waals surface area contributed by atoms with Gasteiger partial charge in [0.25, 0.3) is 10.0 Å². The molecule has 0 aliphatic carbocycles. The first-order valence-electron chi connectivity index (χ1n) is 14.0. The van der Waals surface area contributed by atoms with Crippen molar-refractivity contribution < 1.29 is 30.7 Å². The molecule has 0 amide bonds. The van der Waals surface area contributed by atoms with Gasteiger partial charge < -0.3 is 10.5 Å². The van der Waals surface area contributed by atoms with Crippen LogP contribution in [0.15, 0.2) is 72.0 Å². The highest BCUT2D eigenvalue weighted by atomic mass is 32.2. The van der Waals surface area contributed by atoms with Crippen LogP contribution < -0.4 is 15.2 Å². The number of alkyl halides is 3. The molecule has 4 aromatic rings. The standard InChI is InChI=1S/C30H34F4N6O3S/c1-29(2,30(32,33)34)20-43-27-15-17-40(38-27)24-19-36-26(39-44(41,42)28-14-9-13-25(31)37-28)18-23(24)22-12-7-6-11-21(22)10-5-3-4-8-16-35/h6-7,9,11-15,17-19H,3-5,8,10,16,20,35H2,1-2H3,(H,36,39). The Labute approximate surface area is 253 Å². The zero-order valence-corrected chi connectivity index (χ0v) is 25.1. The Hall–Kier alpha value is -4.04. The van der Waals surface area contributed by atoms with Crippen LogP contribution in [0, 0.1) is 11.4 Å². The minimum Gasteiger partial charge on any atom is -0.476 e. The summed E-state index contributed by atoms with van der Waals surface area (Å²) in [7, 11) is -4.28. The van der Waals surface area contributed by atoms with Gasteiger partial charge in [0.15, 0.2) is 5.03 Å². The van der Waals surface area contributed by atoms with Crippen molar-refractivity contribution in [3.8, 4) is 22.7 Å². The lowest BCUT2D eigenvalue weighted by molar-refractivity contribution is -0.219. The van der Waals surface area contributed by atoms with Crippen molar-refractivity contribution in [1.82, 2.24) is 19.7 Å². The number of anilines is 1. The Morgan fingerprint density at radius 3 is 2.45 bits per heavy atom. The second-order valence-corrected chi connectivity index (χ2v) is 12.5. The van der Waals surface area contributed by atoms with Crippen molar-refractivity contribution in [2.75, 3.05) is 17.9 Å². The molecule has 1 aromatic carbocycles. The molecule has 9 nitrogen and oxygen atoms in total. The van der Waals surface area contributed by atoms with E-state index in [9.17, 15) is 26.0 Å². The Morgan fingerprint density at radius 1 is 0.977 bits per heavy atom. The summed E-state index contributed by atoms with van der Waals surface area (Å²) >= 11 is 0. The average Bonchev–Trinajstić information content (AvgIpc) is 3.44. The number of nitrogens with two attached hydrogens (primary N) is 1. The molecule has 3 N–H and O–H groups in total. The molecule has 0 unspecified atom stereocenters. The maximum absolute atomic E-state index is 13.7. The van der Waals surface area contributed by atoms with Crippen LogP contribution in [0.1, 0.15) is 45.1 Å². The summed E-state index contributed by atoms with van der Waals surface area (Å²) < 4.78 is 88.7. The summed E-state index contributed by atoms with van der Waals surface area (Å²) in [6.45, 7) is 2.07. The average molecular weight is 635 g/mol. The molecular formula is C30H34F4N6O3S. The number of aryl methyl sites for hydroxylation is 1. The SMILES string of the molecule is CC(C)(COc1ccn(-c2cnc(NS(=O)(=O)c3cccc(F)n3)cc2-c2ccccc2CCCCCCN)n1)C(F)(F)F. The molecule has 0 atom stereocenters. The molecule has 0 spiro atoms. The van der Waals surface area contributed by atoms with E-state index in [0.29, 0.717) is 17.8 Å². The first-order valence-corrected chi connectivity index (χ1v) is 15.5. The molecule has 0 saturated carbocycles. The van der Waals surface area contributed by atoms with Crippen LogP contribution in [0.5, 0.6) is 5.88 Å². The first kappa shape index (κ1) is 32.9. The van der Waals surface area contributed by atoms with Gasteiger partial charge >= 0.3 is 6.18 Å². The van der Waals surface area contributed by atoms with Gasteiger partial charge in [0.1, 0.15) is 12.4 Å². The maximum atomic E-state index is 13.7. The molecular weight excluding hydrogens is 600 g/mol. The molecule has 0 radical (unpaired) electrons. The van der Waals surface area contributed by atoms with Gasteiger partial charge in [0, 0.05) is 17.8 Å². The second-order valence-electron chi connectivity index (χ2n) is 10.9. The Bertz CT molecular complexity index is 1680. The van der Waals surface area contributed by atoms with Crippen molar-refractivity contribution in [1.29, 1.82) is 0 Å². The van der Waals surface area contributed by atoms with Gasteiger partial charge in [-0.2, -0.15) is 26.0 Å². The highest BCUT2D eigenvalue weighted by Gasteiger charge is 2.48. The van der Waals surface area contributed by atoms with Gasteiger partial charge in [-0.25, -0.2) is 14.6 Å². The van der Waals surface area contributed by atoms with E-state index >= 15 is 0 Å². The Balaban J connectivity index is 1.71. The highest BCUT2D eigenvalue weighted by Crippen LogP contribution is 2.38. The predicted octanol–water partition coefficient (Wildman–Crippen LogP) is 6.30. The summed E-state index contributed by atoms with van der Waals surface area (Å²) in [5.74, 6) is -1.03. The monoisotopic (exact) mass is 634 g/mol. The molecule has 44 heavy (non-hydrogen) atoms. The fraction of sp³-hybridized carbons (Fsp3) is 0.367. The van der Waals surface area contributed by atoms with Crippen LogP contribution >= 0.6 is 0 Å². The number of unbranched alkanes of at least 4 members (excludes halogenated alkanes) is 3. The molecule has 0 saturated heterocycles. The summed E-state index contributed by atoms with van der Waals surface area (Å²) in [6, 6.07) is 14.0. The minimum atomic E-state index is -4.47. The van der Waals surface area contributed by atoms with Crippen molar-refractivity contribution in [3.05, 3.63) is 78.5 Å².